The van der Waals surface area contributed by atoms with Gasteiger partial charge in [-0.25, -0.2) is 10.1 Å². The summed E-state index contributed by atoms with van der Waals surface area (Å²) in [6.07, 6.45) is 1.89. The van der Waals surface area contributed by atoms with E-state index in [4.69, 9.17) is 15.3 Å². The molecule has 0 fully saturated rings. The molecule has 2 aromatic rings. The molecule has 0 saturated heterocycles. The molecule has 0 radical (unpaired) electrons. The molecule has 11 nitrogen and oxygen atoms in total. The molecule has 0 unspecified atom stereocenters. The van der Waals surface area contributed by atoms with Gasteiger partial charge in [0, 0.05) is 6.42 Å². The third-order valence-electron chi connectivity index (χ3n) is 3.17. The fraction of sp³-hybridized carbons (Fsp3) is 0.250. The number of hydrogen-bond acceptors (Lipinski definition) is 9. The highest BCUT2D eigenvalue weighted by atomic mass is 16.7. The number of rotatable bonds is 5. The molecule has 1 aromatic heterocycles. The van der Waals surface area contributed by atoms with Crippen molar-refractivity contribution in [1.29, 1.82) is 0 Å². The van der Waals surface area contributed by atoms with Crippen molar-refractivity contribution in [1.82, 2.24) is 14.9 Å². The molecule has 0 aliphatic carbocycles. The summed E-state index contributed by atoms with van der Waals surface area (Å²) in [5.74, 6) is 7.31. The summed E-state index contributed by atoms with van der Waals surface area (Å²) < 4.78 is 11.6. The average Bonchev–Trinajstić information content (AvgIpc) is 3.12. The largest absolute Gasteiger partial charge is 0.454 e. The summed E-state index contributed by atoms with van der Waals surface area (Å²) in [7, 11) is 0. The van der Waals surface area contributed by atoms with Crippen molar-refractivity contribution in [2.45, 2.75) is 13.3 Å². The van der Waals surface area contributed by atoms with Gasteiger partial charge in [0.25, 0.3) is 11.6 Å². The van der Waals surface area contributed by atoms with Crippen LogP contribution in [-0.4, -0.2) is 32.8 Å². The lowest BCUT2D eigenvalue weighted by molar-refractivity contribution is -0.385. The highest BCUT2D eigenvalue weighted by Gasteiger charge is 2.22. The lowest BCUT2D eigenvalue weighted by Crippen LogP contribution is -2.15. The number of aryl methyl sites for hydroxylation is 1. The molecule has 0 bridgehead atoms. The smallest absolute Gasteiger partial charge is 0.282 e. The molecule has 23 heavy (non-hydrogen) atoms. The quantitative estimate of drug-likeness (QED) is 0.353. The SMILES string of the molecule is CCc1nnc(N/N=C\c2cc3c(cc2[N+](=O)[O-])OCO3)n1N. The Morgan fingerprint density at radius 3 is 2.87 bits per heavy atom. The first-order chi connectivity index (χ1) is 11.1. The van der Waals surface area contributed by atoms with Crippen LogP contribution in [-0.2, 0) is 6.42 Å². The van der Waals surface area contributed by atoms with Gasteiger partial charge in [-0.15, -0.1) is 10.2 Å². The summed E-state index contributed by atoms with van der Waals surface area (Å²) in [6, 6.07) is 2.78. The molecule has 3 N–H and O–H groups in total. The number of nitrogens with two attached hydrogens (primary N) is 1. The third kappa shape index (κ3) is 2.71. The van der Waals surface area contributed by atoms with Gasteiger partial charge in [-0.3, -0.25) is 10.1 Å². The number of nitro groups is 1. The third-order valence-corrected chi connectivity index (χ3v) is 3.17. The van der Waals surface area contributed by atoms with Crippen molar-refractivity contribution < 1.29 is 14.4 Å². The Morgan fingerprint density at radius 2 is 2.22 bits per heavy atom. The Labute approximate surface area is 129 Å². The lowest BCUT2D eigenvalue weighted by atomic mass is 10.1. The van der Waals surface area contributed by atoms with E-state index in [1.165, 1.54) is 23.0 Å². The van der Waals surface area contributed by atoms with Crippen LogP contribution in [0.15, 0.2) is 17.2 Å². The summed E-state index contributed by atoms with van der Waals surface area (Å²) in [6.45, 7) is 1.91. The molecular weight excluding hydrogens is 306 g/mol. The van der Waals surface area contributed by atoms with Crippen molar-refractivity contribution in [3.63, 3.8) is 0 Å². The van der Waals surface area contributed by atoms with Gasteiger partial charge in [-0.05, 0) is 6.07 Å². The topological polar surface area (TPSA) is 143 Å². The van der Waals surface area contributed by atoms with E-state index in [0.29, 0.717) is 23.7 Å². The van der Waals surface area contributed by atoms with E-state index < -0.39 is 4.92 Å². The molecule has 1 aromatic carbocycles. The number of benzene rings is 1. The predicted molar refractivity (Wildman–Crippen MR) is 80.0 cm³/mol. The fourth-order valence-electron chi connectivity index (χ4n) is 2.01. The van der Waals surface area contributed by atoms with Gasteiger partial charge in [-0.2, -0.15) is 5.10 Å². The number of nitrogen functional groups attached to an aromatic ring is 1. The van der Waals surface area contributed by atoms with E-state index in [0.717, 1.165) is 0 Å². The Morgan fingerprint density at radius 1 is 1.48 bits per heavy atom. The van der Waals surface area contributed by atoms with Crippen molar-refractivity contribution in [2.24, 2.45) is 5.10 Å². The van der Waals surface area contributed by atoms with Gasteiger partial charge in [0.2, 0.25) is 6.79 Å². The number of nitro benzene ring substituents is 1. The Hall–Kier alpha value is -3.37. The van der Waals surface area contributed by atoms with Gasteiger partial charge in [-0.1, -0.05) is 6.92 Å². The normalized spacial score (nSPS) is 12.7. The van der Waals surface area contributed by atoms with Crippen LogP contribution >= 0.6 is 0 Å². The zero-order valence-corrected chi connectivity index (χ0v) is 12.1. The molecule has 1 aliphatic rings. The number of nitrogens with one attached hydrogen (secondary N) is 1. The molecule has 0 amide bonds. The maximum atomic E-state index is 11.1. The molecular formula is C12H13N7O4. The second-order valence-electron chi connectivity index (χ2n) is 4.55. The molecule has 0 atom stereocenters. The van der Waals surface area contributed by atoms with Crippen LogP contribution in [0.2, 0.25) is 0 Å². The van der Waals surface area contributed by atoms with Crippen LogP contribution < -0.4 is 20.7 Å². The van der Waals surface area contributed by atoms with Crippen molar-refractivity contribution in [2.75, 3.05) is 18.1 Å². The van der Waals surface area contributed by atoms with E-state index in [1.807, 2.05) is 6.92 Å². The first-order valence-corrected chi connectivity index (χ1v) is 6.66. The van der Waals surface area contributed by atoms with Crippen LogP contribution in [0.25, 0.3) is 0 Å². The van der Waals surface area contributed by atoms with E-state index in [-0.39, 0.29) is 24.0 Å². The molecule has 0 saturated carbocycles. The van der Waals surface area contributed by atoms with Gasteiger partial charge >= 0.3 is 0 Å². The summed E-state index contributed by atoms with van der Waals surface area (Å²) in [5, 5.41) is 22.7. The maximum absolute atomic E-state index is 11.1. The number of hydrogen-bond donors (Lipinski definition) is 2. The Kier molecular flexibility index (Phi) is 3.66. The van der Waals surface area contributed by atoms with Gasteiger partial charge in [0.1, 0.15) is 0 Å². The highest BCUT2D eigenvalue weighted by molar-refractivity contribution is 5.87. The summed E-state index contributed by atoms with van der Waals surface area (Å²) in [4.78, 5) is 10.6. The number of nitrogens with zero attached hydrogens (tertiary/aromatic N) is 5. The molecule has 3 rings (SSSR count). The van der Waals surface area contributed by atoms with E-state index >= 15 is 0 Å². The number of hydrazone groups is 1. The van der Waals surface area contributed by atoms with Crippen molar-refractivity contribution in [3.8, 4) is 11.5 Å². The molecule has 1 aliphatic heterocycles. The van der Waals surface area contributed by atoms with E-state index in [9.17, 15) is 10.1 Å². The van der Waals surface area contributed by atoms with E-state index in [2.05, 4.69) is 20.7 Å². The zero-order valence-electron chi connectivity index (χ0n) is 12.1. The standard InChI is InChI=1S/C12H13N7O4/c1-2-11-15-17-12(18(11)13)16-14-5-7-3-9-10(23-6-22-9)4-8(7)19(20)21/h3-5H,2,6,13H2,1H3,(H,16,17)/b14-5-. The number of fused-ring (bicyclic) bond motifs is 1. The number of anilines is 1. The average molecular weight is 319 g/mol. The second-order valence-corrected chi connectivity index (χ2v) is 4.55. The first kappa shape index (κ1) is 14.6. The summed E-state index contributed by atoms with van der Waals surface area (Å²) in [5.41, 5.74) is 2.69. The Balaban J connectivity index is 1.84. The zero-order chi connectivity index (χ0) is 16.4. The number of aromatic nitrogens is 3. The van der Waals surface area contributed by atoms with E-state index in [1.54, 1.807) is 0 Å². The molecule has 120 valence electrons. The Bertz CT molecular complexity index is 786. The minimum Gasteiger partial charge on any atom is -0.454 e. The van der Waals surface area contributed by atoms with Gasteiger partial charge in [0.05, 0.1) is 22.8 Å². The summed E-state index contributed by atoms with van der Waals surface area (Å²) >= 11 is 0. The highest BCUT2D eigenvalue weighted by Crippen LogP contribution is 2.37. The van der Waals surface area contributed by atoms with Crippen LogP contribution in [0, 0.1) is 10.1 Å². The monoisotopic (exact) mass is 319 g/mol. The van der Waals surface area contributed by atoms with Crippen LogP contribution in [0.5, 0.6) is 11.5 Å². The van der Waals surface area contributed by atoms with Crippen molar-refractivity contribution >= 4 is 17.9 Å². The fourth-order valence-corrected chi connectivity index (χ4v) is 2.01. The van der Waals surface area contributed by atoms with Crippen LogP contribution in [0.4, 0.5) is 11.6 Å². The first-order valence-electron chi connectivity index (χ1n) is 6.66. The predicted octanol–water partition coefficient (Wildman–Crippen LogP) is 0.637. The molecule has 0 spiro atoms. The molecule has 2 heterocycles. The van der Waals surface area contributed by atoms with Crippen LogP contribution in [0.1, 0.15) is 18.3 Å². The maximum Gasteiger partial charge on any atom is 0.282 e. The molecule has 11 heteroatoms. The van der Waals surface area contributed by atoms with Crippen LogP contribution in [0.3, 0.4) is 0 Å². The van der Waals surface area contributed by atoms with Gasteiger partial charge < -0.3 is 15.3 Å². The number of ether oxygens (including phenoxy) is 2. The minimum absolute atomic E-state index is 0.0292. The lowest BCUT2D eigenvalue weighted by Gasteiger charge is -2.02. The van der Waals surface area contributed by atoms with Crippen molar-refractivity contribution in [3.05, 3.63) is 33.6 Å². The minimum atomic E-state index is -0.524. The second kappa shape index (κ2) is 5.79. The van der Waals surface area contributed by atoms with Gasteiger partial charge in [0.15, 0.2) is 17.3 Å².